The van der Waals surface area contributed by atoms with E-state index in [9.17, 15) is 9.59 Å². The van der Waals surface area contributed by atoms with Crippen molar-refractivity contribution < 1.29 is 9.53 Å². The van der Waals surface area contributed by atoms with Gasteiger partial charge in [-0.2, -0.15) is 0 Å². The molecule has 1 aliphatic carbocycles. The Balaban J connectivity index is 1.95. The summed E-state index contributed by atoms with van der Waals surface area (Å²) in [5, 5.41) is 3.81. The lowest BCUT2D eigenvalue weighted by atomic mass is 10.1. The number of fused-ring (bicyclic) bond motifs is 3. The first kappa shape index (κ1) is 21.1. The quantitative estimate of drug-likeness (QED) is 0.233. The molecule has 0 radical (unpaired) electrons. The Morgan fingerprint density at radius 2 is 2.21 bits per heavy atom. The molecular weight excluding hydrogens is 394 g/mol. The van der Waals surface area contributed by atoms with Crippen LogP contribution in [0.2, 0.25) is 0 Å². The Morgan fingerprint density at radius 3 is 2.96 bits per heavy atom. The van der Waals surface area contributed by atoms with Crippen LogP contribution >= 0.6 is 23.1 Å². The molecule has 6 nitrogen and oxygen atoms in total. The number of aromatic nitrogens is 2. The zero-order valence-corrected chi connectivity index (χ0v) is 18.1. The van der Waals surface area contributed by atoms with Crippen molar-refractivity contribution in [3.8, 4) is 0 Å². The molecule has 0 saturated heterocycles. The van der Waals surface area contributed by atoms with Crippen molar-refractivity contribution in [3.63, 3.8) is 0 Å². The standard InChI is InChI=1S/C20H27N3O3S2/c1-4-11-23-19(25)16-14-8-6-5-7-9-15(14)28-18(16)22-20(23)27-13(2)17(24)21-10-12-26-3/h4,13H,1,5-12H2,2-3H3,(H,21,24)/t13-/m1/s1. The summed E-state index contributed by atoms with van der Waals surface area (Å²) in [5.41, 5.74) is 1.17. The van der Waals surface area contributed by atoms with Crippen LogP contribution in [0.5, 0.6) is 0 Å². The van der Waals surface area contributed by atoms with Gasteiger partial charge >= 0.3 is 0 Å². The molecule has 2 heterocycles. The van der Waals surface area contributed by atoms with E-state index in [-0.39, 0.29) is 16.7 Å². The van der Waals surface area contributed by atoms with Gasteiger partial charge in [-0.25, -0.2) is 4.98 Å². The zero-order chi connectivity index (χ0) is 20.1. The second-order valence-corrected chi connectivity index (χ2v) is 9.28. The number of hydrogen-bond acceptors (Lipinski definition) is 6. The van der Waals surface area contributed by atoms with Gasteiger partial charge in [0.2, 0.25) is 5.91 Å². The van der Waals surface area contributed by atoms with Gasteiger partial charge in [-0.1, -0.05) is 24.3 Å². The van der Waals surface area contributed by atoms with Crippen LogP contribution in [0.25, 0.3) is 10.2 Å². The van der Waals surface area contributed by atoms with E-state index in [1.165, 1.54) is 35.0 Å². The molecule has 1 atom stereocenters. The topological polar surface area (TPSA) is 73.2 Å². The first-order valence-corrected chi connectivity index (χ1v) is 11.4. The lowest BCUT2D eigenvalue weighted by Crippen LogP contribution is -2.34. The molecule has 2 aromatic heterocycles. The lowest BCUT2D eigenvalue weighted by molar-refractivity contribution is -0.120. The zero-order valence-electron chi connectivity index (χ0n) is 16.5. The number of thioether (sulfide) groups is 1. The maximum absolute atomic E-state index is 13.3. The van der Waals surface area contributed by atoms with Crippen molar-refractivity contribution >= 4 is 39.2 Å². The summed E-state index contributed by atoms with van der Waals surface area (Å²) in [5.74, 6) is -0.0940. The largest absolute Gasteiger partial charge is 0.383 e. The Bertz CT molecular complexity index is 920. The number of allylic oxidation sites excluding steroid dienone is 1. The molecule has 0 aromatic carbocycles. The summed E-state index contributed by atoms with van der Waals surface area (Å²) < 4.78 is 6.61. The molecule has 1 N–H and O–H groups in total. The number of nitrogens with zero attached hydrogens (tertiary/aromatic N) is 2. The molecule has 0 saturated carbocycles. The monoisotopic (exact) mass is 421 g/mol. The number of carbonyl (C=O) groups excluding carboxylic acids is 1. The van der Waals surface area contributed by atoms with Gasteiger partial charge in [-0.05, 0) is 38.2 Å². The maximum Gasteiger partial charge on any atom is 0.263 e. The molecule has 152 valence electrons. The maximum atomic E-state index is 13.3. The van der Waals surface area contributed by atoms with E-state index >= 15 is 0 Å². The van der Waals surface area contributed by atoms with Gasteiger partial charge in [-0.3, -0.25) is 14.2 Å². The molecule has 0 unspecified atom stereocenters. The van der Waals surface area contributed by atoms with E-state index in [1.54, 1.807) is 29.1 Å². The number of nitrogens with one attached hydrogen (secondary N) is 1. The molecule has 0 fully saturated rings. The lowest BCUT2D eigenvalue weighted by Gasteiger charge is -2.15. The predicted octanol–water partition coefficient (Wildman–Crippen LogP) is 3.16. The first-order valence-electron chi connectivity index (χ1n) is 9.66. The summed E-state index contributed by atoms with van der Waals surface area (Å²) in [6.45, 7) is 6.92. The molecule has 1 amide bonds. The van der Waals surface area contributed by atoms with Gasteiger partial charge in [0.05, 0.1) is 17.2 Å². The number of carbonyl (C=O) groups is 1. The van der Waals surface area contributed by atoms with Gasteiger partial charge in [0, 0.05) is 25.1 Å². The first-order chi connectivity index (χ1) is 13.6. The minimum absolute atomic E-state index is 0.0150. The van der Waals surface area contributed by atoms with Crippen molar-refractivity contribution in [2.75, 3.05) is 20.3 Å². The molecule has 0 bridgehead atoms. The number of amides is 1. The Hall–Kier alpha value is -1.64. The van der Waals surface area contributed by atoms with Crippen molar-refractivity contribution in [1.29, 1.82) is 0 Å². The van der Waals surface area contributed by atoms with Crippen LogP contribution in [0.3, 0.4) is 0 Å². The van der Waals surface area contributed by atoms with Crippen molar-refractivity contribution in [2.24, 2.45) is 0 Å². The number of methoxy groups -OCH3 is 1. The van der Waals surface area contributed by atoms with Crippen molar-refractivity contribution in [2.45, 2.75) is 56.0 Å². The van der Waals surface area contributed by atoms with Gasteiger partial charge in [0.25, 0.3) is 5.56 Å². The molecule has 1 aliphatic rings. The molecule has 0 spiro atoms. The highest BCUT2D eigenvalue weighted by Gasteiger charge is 2.23. The average Bonchev–Trinajstić information content (AvgIpc) is 2.86. The van der Waals surface area contributed by atoms with Crippen molar-refractivity contribution in [1.82, 2.24) is 14.9 Å². The smallest absolute Gasteiger partial charge is 0.263 e. The average molecular weight is 422 g/mol. The fourth-order valence-corrected chi connectivity index (χ4v) is 5.65. The molecule has 2 aromatic rings. The number of rotatable bonds is 8. The normalized spacial score (nSPS) is 15.1. The second-order valence-electron chi connectivity index (χ2n) is 6.89. The summed E-state index contributed by atoms with van der Waals surface area (Å²) in [6.07, 6.45) is 7.17. The second kappa shape index (κ2) is 9.71. The third kappa shape index (κ3) is 4.50. The van der Waals surface area contributed by atoms with Crippen LogP contribution < -0.4 is 10.9 Å². The number of hydrogen-bond donors (Lipinski definition) is 1. The molecule has 0 aliphatic heterocycles. The van der Waals surface area contributed by atoms with Crippen LogP contribution in [-0.2, 0) is 28.9 Å². The minimum Gasteiger partial charge on any atom is -0.383 e. The molecule has 3 rings (SSSR count). The predicted molar refractivity (Wildman–Crippen MR) is 116 cm³/mol. The van der Waals surface area contributed by atoms with E-state index in [2.05, 4.69) is 11.9 Å². The Labute approximate surface area is 173 Å². The van der Waals surface area contributed by atoms with E-state index in [4.69, 9.17) is 9.72 Å². The van der Waals surface area contributed by atoms with Crippen LogP contribution in [0, 0.1) is 0 Å². The van der Waals surface area contributed by atoms with Gasteiger partial charge in [-0.15, -0.1) is 17.9 Å². The van der Waals surface area contributed by atoms with Crippen LogP contribution in [-0.4, -0.2) is 41.0 Å². The number of ether oxygens (including phenoxy) is 1. The minimum atomic E-state index is -0.366. The van der Waals surface area contributed by atoms with Crippen LogP contribution in [0.4, 0.5) is 0 Å². The highest BCUT2D eigenvalue weighted by molar-refractivity contribution is 8.00. The molecule has 8 heteroatoms. The van der Waals surface area contributed by atoms with Crippen molar-refractivity contribution in [3.05, 3.63) is 33.4 Å². The Morgan fingerprint density at radius 1 is 1.43 bits per heavy atom. The van der Waals surface area contributed by atoms with E-state index in [0.717, 1.165) is 29.5 Å². The van der Waals surface area contributed by atoms with Crippen LogP contribution in [0.1, 0.15) is 36.6 Å². The summed E-state index contributed by atoms with van der Waals surface area (Å²) in [6, 6.07) is 0. The van der Waals surface area contributed by atoms with Gasteiger partial charge in [0.15, 0.2) is 5.16 Å². The third-order valence-electron chi connectivity index (χ3n) is 4.86. The van der Waals surface area contributed by atoms with Gasteiger partial charge < -0.3 is 10.1 Å². The third-order valence-corrected chi connectivity index (χ3v) is 7.13. The molecule has 28 heavy (non-hydrogen) atoms. The van der Waals surface area contributed by atoms with Crippen LogP contribution in [0.15, 0.2) is 22.6 Å². The number of aryl methyl sites for hydroxylation is 2. The highest BCUT2D eigenvalue weighted by Crippen LogP contribution is 2.34. The fraction of sp³-hybridized carbons (Fsp3) is 0.550. The fourth-order valence-electron chi connectivity index (χ4n) is 3.41. The van der Waals surface area contributed by atoms with E-state index in [0.29, 0.717) is 24.9 Å². The number of thiophene rings is 1. The molecular formula is C20H27N3O3S2. The van der Waals surface area contributed by atoms with E-state index in [1.807, 2.05) is 6.92 Å². The summed E-state index contributed by atoms with van der Waals surface area (Å²) in [4.78, 5) is 32.5. The Kier molecular flexibility index (Phi) is 7.31. The van der Waals surface area contributed by atoms with E-state index < -0.39 is 0 Å². The summed E-state index contributed by atoms with van der Waals surface area (Å²) >= 11 is 2.95. The van der Waals surface area contributed by atoms with Gasteiger partial charge in [0.1, 0.15) is 4.83 Å². The SMILES string of the molecule is C=CCn1c(S[C@H](C)C(=O)NCCOC)nc2sc3c(c2c1=O)CCCCC3. The highest BCUT2D eigenvalue weighted by atomic mass is 32.2. The summed E-state index contributed by atoms with van der Waals surface area (Å²) in [7, 11) is 1.60.